The standard InChI is InChI=1S/C5H10N4O2S/c1-9(2)12(10,11)5-4(6)7-3-8-5/h3H,6H2,1-2H3,(H,7,8). The molecule has 0 bridgehead atoms. The smallest absolute Gasteiger partial charge is 0.263 e. The molecule has 0 aliphatic rings. The van der Waals surface area contributed by atoms with Crippen molar-refractivity contribution in [2.24, 2.45) is 0 Å². The van der Waals surface area contributed by atoms with Crippen LogP contribution in [0.15, 0.2) is 11.4 Å². The monoisotopic (exact) mass is 190 g/mol. The van der Waals surface area contributed by atoms with Crippen LogP contribution in [0.5, 0.6) is 0 Å². The number of aromatic nitrogens is 2. The van der Waals surface area contributed by atoms with Crippen molar-refractivity contribution in [1.82, 2.24) is 14.3 Å². The molecule has 0 spiro atoms. The molecule has 0 radical (unpaired) electrons. The van der Waals surface area contributed by atoms with Gasteiger partial charge in [-0.1, -0.05) is 0 Å². The van der Waals surface area contributed by atoms with Crippen molar-refractivity contribution < 1.29 is 8.42 Å². The summed E-state index contributed by atoms with van der Waals surface area (Å²) < 4.78 is 23.8. The summed E-state index contributed by atoms with van der Waals surface area (Å²) in [5.74, 6) is 0.0590. The summed E-state index contributed by atoms with van der Waals surface area (Å²) in [5.41, 5.74) is 5.34. The van der Waals surface area contributed by atoms with Gasteiger partial charge in [0.05, 0.1) is 6.33 Å². The van der Waals surface area contributed by atoms with E-state index < -0.39 is 10.0 Å². The van der Waals surface area contributed by atoms with Crippen LogP contribution in [0, 0.1) is 0 Å². The molecule has 0 aromatic carbocycles. The van der Waals surface area contributed by atoms with E-state index in [0.717, 1.165) is 4.31 Å². The predicted octanol–water partition coefficient (Wildman–Crippen LogP) is -0.758. The number of nitrogens with zero attached hydrogens (tertiary/aromatic N) is 2. The van der Waals surface area contributed by atoms with Crippen LogP contribution in [0.2, 0.25) is 0 Å². The highest BCUT2D eigenvalue weighted by Crippen LogP contribution is 2.14. The average molecular weight is 190 g/mol. The molecule has 7 heteroatoms. The first-order chi connectivity index (χ1) is 5.46. The van der Waals surface area contributed by atoms with E-state index in [1.54, 1.807) is 0 Å². The minimum absolute atomic E-state index is 0.0590. The number of nitrogens with two attached hydrogens (primary N) is 1. The Kier molecular flexibility index (Phi) is 2.07. The quantitative estimate of drug-likeness (QED) is 0.641. The summed E-state index contributed by atoms with van der Waals surface area (Å²) in [6.07, 6.45) is 1.24. The van der Waals surface area contributed by atoms with E-state index in [2.05, 4.69) is 9.97 Å². The van der Waals surface area contributed by atoms with Gasteiger partial charge in [-0.3, -0.25) is 0 Å². The molecule has 0 aliphatic carbocycles. The van der Waals surface area contributed by atoms with Crippen LogP contribution in [0.1, 0.15) is 0 Å². The minimum atomic E-state index is -3.50. The maximum atomic E-state index is 11.4. The third-order valence-corrected chi connectivity index (χ3v) is 3.13. The van der Waals surface area contributed by atoms with Crippen molar-refractivity contribution in [3.63, 3.8) is 0 Å². The molecule has 0 amide bonds. The van der Waals surface area contributed by atoms with E-state index in [1.165, 1.54) is 20.4 Å². The summed E-state index contributed by atoms with van der Waals surface area (Å²) in [4.78, 5) is 6.09. The van der Waals surface area contributed by atoms with Crippen molar-refractivity contribution >= 4 is 15.8 Å². The van der Waals surface area contributed by atoms with E-state index in [0.29, 0.717) is 0 Å². The van der Waals surface area contributed by atoms with E-state index in [4.69, 9.17) is 5.73 Å². The maximum Gasteiger partial charge on any atom is 0.263 e. The Labute approximate surface area is 70.5 Å². The zero-order valence-corrected chi connectivity index (χ0v) is 7.59. The first kappa shape index (κ1) is 9.01. The van der Waals surface area contributed by atoms with Gasteiger partial charge in [0.15, 0.2) is 0 Å². The first-order valence-electron chi connectivity index (χ1n) is 3.17. The molecule has 0 unspecified atom stereocenters. The second kappa shape index (κ2) is 2.76. The third kappa shape index (κ3) is 1.28. The van der Waals surface area contributed by atoms with Gasteiger partial charge in [-0.05, 0) is 0 Å². The van der Waals surface area contributed by atoms with E-state index in [9.17, 15) is 8.42 Å². The first-order valence-corrected chi connectivity index (χ1v) is 4.61. The summed E-state index contributed by atoms with van der Waals surface area (Å²) in [6.45, 7) is 0. The molecule has 1 aromatic heterocycles. The summed E-state index contributed by atoms with van der Waals surface area (Å²) >= 11 is 0. The second-order valence-electron chi connectivity index (χ2n) is 2.41. The average Bonchev–Trinajstić information content (AvgIpc) is 2.35. The molecule has 0 saturated heterocycles. The number of sulfonamides is 1. The van der Waals surface area contributed by atoms with Crippen LogP contribution in [0.25, 0.3) is 0 Å². The molecule has 1 rings (SSSR count). The number of aromatic amines is 1. The molecule has 1 heterocycles. The highest BCUT2D eigenvalue weighted by Gasteiger charge is 2.22. The van der Waals surface area contributed by atoms with Gasteiger partial charge in [0.25, 0.3) is 10.0 Å². The van der Waals surface area contributed by atoms with Crippen LogP contribution in [-0.4, -0.2) is 36.8 Å². The van der Waals surface area contributed by atoms with Crippen LogP contribution in [-0.2, 0) is 10.0 Å². The van der Waals surface area contributed by atoms with Crippen molar-refractivity contribution in [1.29, 1.82) is 0 Å². The van der Waals surface area contributed by atoms with Crippen LogP contribution in [0.4, 0.5) is 5.82 Å². The SMILES string of the molecule is CN(C)S(=O)(=O)c1nc[nH]c1N. The van der Waals surface area contributed by atoms with Crippen molar-refractivity contribution in [3.05, 3.63) is 6.33 Å². The number of anilines is 1. The highest BCUT2D eigenvalue weighted by atomic mass is 32.2. The van der Waals surface area contributed by atoms with Gasteiger partial charge in [0.1, 0.15) is 5.82 Å². The Morgan fingerprint density at radius 2 is 2.17 bits per heavy atom. The zero-order chi connectivity index (χ0) is 9.35. The third-order valence-electron chi connectivity index (χ3n) is 1.36. The summed E-state index contributed by atoms with van der Waals surface area (Å²) in [7, 11) is -0.658. The Balaban J connectivity index is 3.24. The van der Waals surface area contributed by atoms with Gasteiger partial charge < -0.3 is 10.7 Å². The topological polar surface area (TPSA) is 92.1 Å². The molecule has 0 fully saturated rings. The Hall–Kier alpha value is -1.08. The van der Waals surface area contributed by atoms with Gasteiger partial charge in [0, 0.05) is 14.1 Å². The zero-order valence-electron chi connectivity index (χ0n) is 6.77. The van der Waals surface area contributed by atoms with Gasteiger partial charge in [0.2, 0.25) is 5.03 Å². The largest absolute Gasteiger partial charge is 0.383 e. The van der Waals surface area contributed by atoms with Gasteiger partial charge in [-0.2, -0.15) is 0 Å². The van der Waals surface area contributed by atoms with Crippen molar-refractivity contribution in [2.75, 3.05) is 19.8 Å². The lowest BCUT2D eigenvalue weighted by Crippen LogP contribution is -2.23. The fourth-order valence-electron chi connectivity index (χ4n) is 0.670. The number of rotatable bonds is 2. The van der Waals surface area contributed by atoms with Crippen LogP contribution in [0.3, 0.4) is 0 Å². The predicted molar refractivity (Wildman–Crippen MR) is 43.9 cm³/mol. The van der Waals surface area contributed by atoms with E-state index in [1.807, 2.05) is 0 Å². The summed E-state index contributed by atoms with van der Waals surface area (Å²) in [6, 6.07) is 0. The lowest BCUT2D eigenvalue weighted by Gasteiger charge is -2.08. The van der Waals surface area contributed by atoms with Crippen molar-refractivity contribution in [3.8, 4) is 0 Å². The Bertz CT molecular complexity index is 367. The van der Waals surface area contributed by atoms with Gasteiger partial charge >= 0.3 is 0 Å². The Morgan fingerprint density at radius 1 is 1.58 bits per heavy atom. The van der Waals surface area contributed by atoms with Crippen LogP contribution < -0.4 is 5.73 Å². The fraction of sp³-hybridized carbons (Fsp3) is 0.400. The molecule has 6 nitrogen and oxygen atoms in total. The molecule has 3 N–H and O–H groups in total. The highest BCUT2D eigenvalue weighted by molar-refractivity contribution is 7.89. The second-order valence-corrected chi connectivity index (χ2v) is 4.48. The molecular formula is C5H10N4O2S. The molecule has 68 valence electrons. The van der Waals surface area contributed by atoms with Crippen LogP contribution >= 0.6 is 0 Å². The van der Waals surface area contributed by atoms with Crippen molar-refractivity contribution in [2.45, 2.75) is 5.03 Å². The number of hydrogen-bond donors (Lipinski definition) is 2. The molecule has 0 saturated carbocycles. The molecule has 0 aliphatic heterocycles. The Morgan fingerprint density at radius 3 is 2.50 bits per heavy atom. The number of hydrogen-bond acceptors (Lipinski definition) is 4. The fourth-order valence-corrected chi connectivity index (χ4v) is 1.54. The van der Waals surface area contributed by atoms with E-state index in [-0.39, 0.29) is 10.8 Å². The normalized spacial score (nSPS) is 12.2. The van der Waals surface area contributed by atoms with E-state index >= 15 is 0 Å². The molecule has 12 heavy (non-hydrogen) atoms. The number of imidazole rings is 1. The lowest BCUT2D eigenvalue weighted by molar-refractivity contribution is 0.518. The molecule has 1 aromatic rings. The molecule has 0 atom stereocenters. The van der Waals surface area contributed by atoms with Gasteiger partial charge in [-0.15, -0.1) is 0 Å². The number of nitrogen functional groups attached to an aromatic ring is 1. The van der Waals surface area contributed by atoms with Gasteiger partial charge in [-0.25, -0.2) is 17.7 Å². The number of nitrogens with one attached hydrogen (secondary N) is 1. The lowest BCUT2D eigenvalue weighted by atomic mass is 10.8. The summed E-state index contributed by atoms with van der Waals surface area (Å²) in [5, 5.41) is -0.132. The minimum Gasteiger partial charge on any atom is -0.383 e. The molecular weight excluding hydrogens is 180 g/mol. The number of H-pyrrole nitrogens is 1. The maximum absolute atomic E-state index is 11.4.